The highest BCUT2D eigenvalue weighted by Crippen LogP contribution is 2.31. The van der Waals surface area contributed by atoms with Crippen molar-refractivity contribution in [3.8, 4) is 11.3 Å². The van der Waals surface area contributed by atoms with Crippen molar-refractivity contribution in [1.82, 2.24) is 14.9 Å². The maximum Gasteiger partial charge on any atom is 0.323 e. The first-order chi connectivity index (χ1) is 13.9. The second kappa shape index (κ2) is 7.75. The van der Waals surface area contributed by atoms with Crippen LogP contribution in [0.15, 0.2) is 36.5 Å². The van der Waals surface area contributed by atoms with Crippen LogP contribution < -0.4 is 11.1 Å². The Morgan fingerprint density at radius 3 is 2.86 bits per heavy atom. The maximum atomic E-state index is 14.1. The van der Waals surface area contributed by atoms with Crippen LogP contribution in [0.2, 0.25) is 0 Å². The highest BCUT2D eigenvalue weighted by Gasteiger charge is 2.29. The number of thiazole rings is 1. The summed E-state index contributed by atoms with van der Waals surface area (Å²) in [4.78, 5) is 24.2. The molecule has 1 atom stereocenters. The van der Waals surface area contributed by atoms with E-state index in [2.05, 4.69) is 15.3 Å². The van der Waals surface area contributed by atoms with E-state index in [0.717, 1.165) is 28.4 Å². The number of hydrogen-bond acceptors (Lipinski definition) is 5. The number of likely N-dealkylation sites (tertiary alicyclic amines) is 1. The summed E-state index contributed by atoms with van der Waals surface area (Å²) in [6, 6.07) is 5.98. The molecular formula is C20H19F2N5OS. The third kappa shape index (κ3) is 4.04. The van der Waals surface area contributed by atoms with Gasteiger partial charge in [-0.1, -0.05) is 0 Å². The minimum absolute atomic E-state index is 0.127. The molecule has 0 aliphatic carbocycles. The largest absolute Gasteiger partial charge is 0.396 e. The Labute approximate surface area is 170 Å². The molecule has 1 saturated heterocycles. The van der Waals surface area contributed by atoms with Gasteiger partial charge in [-0.3, -0.25) is 5.32 Å². The lowest BCUT2D eigenvalue weighted by molar-refractivity contribution is 0.222. The van der Waals surface area contributed by atoms with Crippen molar-refractivity contribution < 1.29 is 13.6 Å². The van der Waals surface area contributed by atoms with Gasteiger partial charge in [0.25, 0.3) is 0 Å². The molecule has 1 aliphatic rings. The summed E-state index contributed by atoms with van der Waals surface area (Å²) in [6.45, 7) is 3.16. The number of aromatic nitrogens is 2. The molecule has 29 heavy (non-hydrogen) atoms. The number of amides is 2. The number of carbonyl (C=O) groups excluding carboxylic acids is 1. The van der Waals surface area contributed by atoms with Crippen molar-refractivity contribution in [2.45, 2.75) is 19.3 Å². The van der Waals surface area contributed by atoms with Gasteiger partial charge in [-0.25, -0.2) is 23.5 Å². The quantitative estimate of drug-likeness (QED) is 0.664. The SMILES string of the molecule is Cc1cnc(C2CCN(C(=O)Nc3nc(-c4ccc(F)cc4F)ccc3N)C2)s1. The fourth-order valence-electron chi connectivity index (χ4n) is 3.30. The van der Waals surface area contributed by atoms with E-state index in [9.17, 15) is 13.6 Å². The van der Waals surface area contributed by atoms with Crippen molar-refractivity contribution >= 4 is 28.9 Å². The Morgan fingerprint density at radius 2 is 2.14 bits per heavy atom. The Balaban J connectivity index is 1.50. The Morgan fingerprint density at radius 1 is 1.31 bits per heavy atom. The first-order valence-corrected chi connectivity index (χ1v) is 9.92. The fraction of sp³-hybridized carbons (Fsp3) is 0.250. The van der Waals surface area contributed by atoms with Crippen molar-refractivity contribution in [3.63, 3.8) is 0 Å². The molecule has 1 fully saturated rings. The molecular weight excluding hydrogens is 396 g/mol. The maximum absolute atomic E-state index is 14.1. The van der Waals surface area contributed by atoms with Gasteiger partial charge in [0.05, 0.1) is 16.4 Å². The molecule has 150 valence electrons. The number of carbonyl (C=O) groups is 1. The van der Waals surface area contributed by atoms with E-state index in [0.29, 0.717) is 13.1 Å². The molecule has 0 bridgehead atoms. The summed E-state index contributed by atoms with van der Waals surface area (Å²) < 4.78 is 27.2. The fourth-order valence-corrected chi connectivity index (χ4v) is 4.20. The second-order valence-electron chi connectivity index (χ2n) is 6.93. The number of urea groups is 1. The van der Waals surface area contributed by atoms with Crippen LogP contribution in [-0.2, 0) is 0 Å². The normalized spacial score (nSPS) is 16.2. The lowest BCUT2D eigenvalue weighted by atomic mass is 10.1. The first-order valence-electron chi connectivity index (χ1n) is 9.11. The van der Waals surface area contributed by atoms with Gasteiger partial charge in [-0.2, -0.15) is 0 Å². The van der Waals surface area contributed by atoms with Crippen LogP contribution in [0, 0.1) is 18.6 Å². The Hall–Kier alpha value is -3.07. The van der Waals surface area contributed by atoms with Gasteiger partial charge in [0.2, 0.25) is 0 Å². The molecule has 0 radical (unpaired) electrons. The second-order valence-corrected chi connectivity index (χ2v) is 8.20. The molecule has 9 heteroatoms. The molecule has 4 rings (SSSR count). The number of nitrogen functional groups attached to an aromatic ring is 1. The number of anilines is 2. The summed E-state index contributed by atoms with van der Waals surface area (Å²) in [5, 5.41) is 3.74. The van der Waals surface area contributed by atoms with Crippen molar-refractivity contribution in [1.29, 1.82) is 0 Å². The smallest absolute Gasteiger partial charge is 0.323 e. The molecule has 3 N–H and O–H groups in total. The zero-order valence-corrected chi connectivity index (χ0v) is 16.5. The molecule has 2 aromatic heterocycles. The van der Waals surface area contributed by atoms with Crippen LogP contribution in [0.3, 0.4) is 0 Å². The summed E-state index contributed by atoms with van der Waals surface area (Å²) >= 11 is 1.64. The van der Waals surface area contributed by atoms with Gasteiger partial charge < -0.3 is 10.6 Å². The molecule has 3 aromatic rings. The third-order valence-corrected chi connectivity index (χ3v) is 5.90. The molecule has 6 nitrogen and oxygen atoms in total. The molecule has 3 heterocycles. The zero-order chi connectivity index (χ0) is 20.5. The van der Waals surface area contributed by atoms with Gasteiger partial charge in [0, 0.05) is 41.7 Å². The number of rotatable bonds is 3. The Bertz CT molecular complexity index is 1070. The van der Waals surface area contributed by atoms with E-state index in [1.807, 2.05) is 13.1 Å². The molecule has 1 aliphatic heterocycles. The summed E-state index contributed by atoms with van der Waals surface area (Å²) in [6.07, 6.45) is 2.68. The standard InChI is InChI=1S/C20H19F2N5OS/c1-11-9-24-19(29-11)12-6-7-27(10-12)20(28)26-18-16(23)4-5-17(25-18)14-3-2-13(21)8-15(14)22/h2-5,8-9,12H,6-7,10,23H2,1H3,(H,25,26,28). The predicted octanol–water partition coefficient (Wildman–Crippen LogP) is 4.40. The van der Waals surface area contributed by atoms with Crippen LogP contribution in [0.4, 0.5) is 25.1 Å². The number of aryl methyl sites for hydroxylation is 1. The van der Waals surface area contributed by atoms with E-state index in [1.54, 1.807) is 16.2 Å². The summed E-state index contributed by atoms with van der Waals surface area (Å²) in [5.74, 6) is -1.05. The minimum Gasteiger partial charge on any atom is -0.396 e. The number of nitrogens with zero attached hydrogens (tertiary/aromatic N) is 3. The van der Waals surface area contributed by atoms with Crippen LogP contribution in [-0.4, -0.2) is 34.0 Å². The molecule has 0 spiro atoms. The first kappa shape index (κ1) is 19.3. The van der Waals surface area contributed by atoms with Gasteiger partial charge in [-0.05, 0) is 37.6 Å². The number of nitrogens with two attached hydrogens (primary N) is 1. The molecule has 2 amide bonds. The monoisotopic (exact) mass is 415 g/mol. The highest BCUT2D eigenvalue weighted by atomic mass is 32.1. The topological polar surface area (TPSA) is 84.1 Å². The Kier molecular flexibility index (Phi) is 5.14. The lowest BCUT2D eigenvalue weighted by Crippen LogP contribution is -2.33. The molecule has 1 unspecified atom stereocenters. The lowest BCUT2D eigenvalue weighted by Gasteiger charge is -2.18. The van der Waals surface area contributed by atoms with Gasteiger partial charge in [0.1, 0.15) is 11.6 Å². The van der Waals surface area contributed by atoms with Crippen molar-refractivity contribution in [2.75, 3.05) is 24.1 Å². The van der Waals surface area contributed by atoms with E-state index in [1.165, 1.54) is 18.2 Å². The van der Waals surface area contributed by atoms with Gasteiger partial charge in [0.15, 0.2) is 5.82 Å². The number of nitrogens with one attached hydrogen (secondary N) is 1. The average molecular weight is 415 g/mol. The van der Waals surface area contributed by atoms with Crippen molar-refractivity contribution in [2.24, 2.45) is 0 Å². The third-order valence-electron chi connectivity index (χ3n) is 4.82. The van der Waals surface area contributed by atoms with Crippen LogP contribution in [0.5, 0.6) is 0 Å². The van der Waals surface area contributed by atoms with E-state index >= 15 is 0 Å². The van der Waals surface area contributed by atoms with Crippen molar-refractivity contribution in [3.05, 3.63) is 58.0 Å². The number of benzene rings is 1. The number of hydrogen-bond donors (Lipinski definition) is 2. The van der Waals surface area contributed by atoms with E-state index in [4.69, 9.17) is 5.73 Å². The van der Waals surface area contributed by atoms with Crippen LogP contribution in [0.1, 0.15) is 22.2 Å². The summed E-state index contributed by atoms with van der Waals surface area (Å²) in [5.41, 5.74) is 6.58. The van der Waals surface area contributed by atoms with Gasteiger partial charge >= 0.3 is 6.03 Å². The predicted molar refractivity (Wildman–Crippen MR) is 109 cm³/mol. The van der Waals surface area contributed by atoms with E-state index < -0.39 is 11.6 Å². The molecule has 0 saturated carbocycles. The zero-order valence-electron chi connectivity index (χ0n) is 15.7. The minimum atomic E-state index is -0.735. The average Bonchev–Trinajstić information content (AvgIpc) is 3.33. The van der Waals surface area contributed by atoms with Crippen LogP contribution in [0.25, 0.3) is 11.3 Å². The van der Waals surface area contributed by atoms with E-state index in [-0.39, 0.29) is 34.7 Å². The molecule has 1 aromatic carbocycles. The van der Waals surface area contributed by atoms with Crippen LogP contribution >= 0.6 is 11.3 Å². The summed E-state index contributed by atoms with van der Waals surface area (Å²) in [7, 11) is 0. The van der Waals surface area contributed by atoms with Gasteiger partial charge in [-0.15, -0.1) is 11.3 Å². The number of pyridine rings is 1. The highest BCUT2D eigenvalue weighted by molar-refractivity contribution is 7.11. The number of halogens is 2.